The van der Waals surface area contributed by atoms with Crippen LogP contribution in [0.25, 0.3) is 0 Å². The van der Waals surface area contributed by atoms with Crippen LogP contribution in [0.5, 0.6) is 0 Å². The number of anilines is 1. The number of hydrogen-bond acceptors (Lipinski definition) is 12. The SMILES string of the molecule is CC(C)(ON=C(C(=O)NC1C(=O)N2C(C(=O)O)=CCS[C@@H]12)c1csc(N)n1)C(=O)O.O=C(O)C(F)(F)F.O=C(O)C(F)(F)F. The molecule has 1 fully saturated rings. The van der Waals surface area contributed by atoms with Crippen molar-refractivity contribution < 1.29 is 80.4 Å². The Balaban J connectivity index is 0.000000574. The van der Waals surface area contributed by atoms with Crippen LogP contribution in [0.3, 0.4) is 0 Å². The van der Waals surface area contributed by atoms with Crippen LogP contribution < -0.4 is 11.1 Å². The van der Waals surface area contributed by atoms with Gasteiger partial charge in [0, 0.05) is 11.1 Å². The molecule has 2 aliphatic rings. The molecule has 3 heterocycles. The molecule has 1 aromatic rings. The van der Waals surface area contributed by atoms with Gasteiger partial charge in [-0.25, -0.2) is 24.2 Å². The Labute approximate surface area is 248 Å². The van der Waals surface area contributed by atoms with E-state index >= 15 is 0 Å². The number of halogens is 6. The van der Waals surface area contributed by atoms with Crippen molar-refractivity contribution in [2.75, 3.05) is 11.5 Å². The summed E-state index contributed by atoms with van der Waals surface area (Å²) < 4.78 is 63.5. The van der Waals surface area contributed by atoms with Gasteiger partial charge in [0.1, 0.15) is 22.8 Å². The van der Waals surface area contributed by atoms with Crippen LogP contribution >= 0.6 is 23.1 Å². The highest BCUT2D eigenvalue weighted by molar-refractivity contribution is 8.00. The van der Waals surface area contributed by atoms with Crippen LogP contribution in [0.4, 0.5) is 31.5 Å². The lowest BCUT2D eigenvalue weighted by atomic mass is 10.0. The Hall–Kier alpha value is -4.61. The number of fused-ring (bicyclic) bond motifs is 1. The number of nitrogen functional groups attached to an aromatic ring is 1. The molecule has 0 aliphatic carbocycles. The van der Waals surface area contributed by atoms with E-state index < -0.39 is 65.1 Å². The molecule has 24 heteroatoms. The standard InChI is InChI=1S/C16H17N5O7S2.2C2HF3O2/c1-16(2,14(26)27)28-20-8(6-5-30-15(17)18-6)10(22)19-9-11(23)21-7(13(24)25)3-4-29-12(9)21;2*3-2(4,5)1(6)7/h3,5,9,12H,4H2,1-2H3,(H2,17,18)(H,19,22)(H,24,25)(H,26,27);2*(H,6,7)/t9?,12-;;/m0../s1. The number of thioether (sulfide) groups is 1. The number of nitrogens with zero attached hydrogens (tertiary/aromatic N) is 3. The fourth-order valence-corrected chi connectivity index (χ4v) is 4.29. The Morgan fingerprint density at radius 3 is 1.91 bits per heavy atom. The first-order valence-electron chi connectivity index (χ1n) is 10.9. The van der Waals surface area contributed by atoms with E-state index in [0.29, 0.717) is 5.75 Å². The van der Waals surface area contributed by atoms with Crippen molar-refractivity contribution in [3.05, 3.63) is 22.8 Å². The number of aliphatic carboxylic acids is 4. The van der Waals surface area contributed by atoms with Crippen molar-refractivity contribution in [2.24, 2.45) is 5.16 Å². The summed E-state index contributed by atoms with van der Waals surface area (Å²) in [7, 11) is 0. The van der Waals surface area contributed by atoms with Crippen molar-refractivity contribution in [1.82, 2.24) is 15.2 Å². The summed E-state index contributed by atoms with van der Waals surface area (Å²) >= 11 is 2.32. The second-order valence-electron chi connectivity index (χ2n) is 8.30. The third-order valence-corrected chi connectivity index (χ3v) is 6.55. The molecular weight excluding hydrogens is 664 g/mol. The van der Waals surface area contributed by atoms with Crippen molar-refractivity contribution in [3.63, 3.8) is 0 Å². The molecule has 2 atom stereocenters. The molecular formula is C20H19F6N5O11S2. The smallest absolute Gasteiger partial charge is 0.478 e. The van der Waals surface area contributed by atoms with Crippen molar-refractivity contribution in [2.45, 2.75) is 43.2 Å². The predicted molar refractivity (Wildman–Crippen MR) is 134 cm³/mol. The molecule has 7 N–H and O–H groups in total. The van der Waals surface area contributed by atoms with Crippen LogP contribution in [0.2, 0.25) is 0 Å². The molecule has 0 bridgehead atoms. The number of thiazole rings is 1. The molecule has 3 rings (SSSR count). The number of alkyl halides is 6. The molecule has 0 spiro atoms. The van der Waals surface area contributed by atoms with Gasteiger partial charge in [-0.2, -0.15) is 26.3 Å². The largest absolute Gasteiger partial charge is 0.490 e. The van der Waals surface area contributed by atoms with Crippen LogP contribution in [0, 0.1) is 0 Å². The Morgan fingerprint density at radius 2 is 1.52 bits per heavy atom. The molecule has 1 aromatic heterocycles. The molecule has 16 nitrogen and oxygen atoms in total. The van der Waals surface area contributed by atoms with Crippen LogP contribution in [-0.4, -0.2) is 107 Å². The number of β-lactam (4-membered cyclic amide) rings is 1. The Morgan fingerprint density at radius 1 is 1.02 bits per heavy atom. The van der Waals surface area contributed by atoms with Crippen LogP contribution in [0.15, 0.2) is 22.3 Å². The first-order valence-corrected chi connectivity index (χ1v) is 12.8. The first kappa shape index (κ1) is 37.4. The van der Waals surface area contributed by atoms with Crippen LogP contribution in [0.1, 0.15) is 19.5 Å². The summed E-state index contributed by atoms with van der Waals surface area (Å²) in [6.07, 6.45) is -8.74. The van der Waals surface area contributed by atoms with E-state index in [2.05, 4.69) is 15.5 Å². The highest BCUT2D eigenvalue weighted by Crippen LogP contribution is 2.37. The number of amides is 2. The summed E-state index contributed by atoms with van der Waals surface area (Å²) in [6, 6.07) is -0.987. The number of oxime groups is 1. The molecule has 0 saturated carbocycles. The normalized spacial score (nSPS) is 18.1. The average molecular weight is 684 g/mol. The van der Waals surface area contributed by atoms with Gasteiger partial charge >= 0.3 is 36.2 Å². The average Bonchev–Trinajstić information content (AvgIpc) is 3.31. The number of carbonyl (C=O) groups is 6. The third kappa shape index (κ3) is 9.99. The van der Waals surface area contributed by atoms with E-state index in [0.717, 1.165) is 16.2 Å². The number of aromatic nitrogens is 1. The maximum Gasteiger partial charge on any atom is 0.490 e. The highest BCUT2D eigenvalue weighted by atomic mass is 32.2. The number of rotatable bonds is 7. The quantitative estimate of drug-likeness (QED) is 0.101. The predicted octanol–water partition coefficient (Wildman–Crippen LogP) is 0.944. The summed E-state index contributed by atoms with van der Waals surface area (Å²) in [6.45, 7) is 2.49. The van der Waals surface area contributed by atoms with Crippen molar-refractivity contribution in [3.8, 4) is 0 Å². The molecule has 2 amide bonds. The van der Waals surface area contributed by atoms with E-state index in [9.17, 15) is 50.6 Å². The van der Waals surface area contributed by atoms with Gasteiger partial charge in [-0.05, 0) is 19.9 Å². The zero-order chi connectivity index (χ0) is 34.4. The van der Waals surface area contributed by atoms with Crippen molar-refractivity contribution in [1.29, 1.82) is 0 Å². The molecule has 0 aromatic carbocycles. The van der Waals surface area contributed by atoms with Gasteiger partial charge in [0.15, 0.2) is 10.8 Å². The minimum Gasteiger partial charge on any atom is -0.478 e. The molecule has 0 radical (unpaired) electrons. The van der Waals surface area contributed by atoms with E-state index in [4.69, 9.17) is 35.5 Å². The Bertz CT molecular complexity index is 1350. The fourth-order valence-electron chi connectivity index (χ4n) is 2.55. The maximum atomic E-state index is 12.8. The van der Waals surface area contributed by atoms with Crippen molar-refractivity contribution >= 4 is 69.6 Å². The van der Waals surface area contributed by atoms with E-state index in [1.807, 2.05) is 0 Å². The molecule has 2 aliphatic heterocycles. The highest BCUT2D eigenvalue weighted by Gasteiger charge is 2.53. The third-order valence-electron chi connectivity index (χ3n) is 4.70. The molecule has 44 heavy (non-hydrogen) atoms. The van der Waals surface area contributed by atoms with Crippen LogP contribution in [-0.2, 0) is 33.6 Å². The number of nitrogens with two attached hydrogens (primary N) is 1. The van der Waals surface area contributed by atoms with Gasteiger partial charge in [-0.1, -0.05) is 5.16 Å². The second kappa shape index (κ2) is 14.2. The molecule has 1 unspecified atom stereocenters. The lowest BCUT2D eigenvalue weighted by molar-refractivity contribution is -0.193. The molecule has 244 valence electrons. The monoisotopic (exact) mass is 683 g/mol. The number of hydrogen-bond donors (Lipinski definition) is 6. The van der Waals surface area contributed by atoms with E-state index in [1.165, 1.54) is 37.1 Å². The zero-order valence-electron chi connectivity index (χ0n) is 21.7. The lowest BCUT2D eigenvalue weighted by Crippen LogP contribution is -2.70. The summed E-state index contributed by atoms with van der Waals surface area (Å²) in [5.74, 6) is -9.12. The van der Waals surface area contributed by atoms with E-state index in [1.54, 1.807) is 0 Å². The second-order valence-corrected chi connectivity index (χ2v) is 10.3. The Kier molecular flexibility index (Phi) is 12.1. The van der Waals surface area contributed by atoms with Gasteiger partial charge in [-0.3, -0.25) is 14.5 Å². The first-order chi connectivity index (χ1) is 19.9. The number of carboxylic acid groups (broad SMARTS) is 4. The van der Waals surface area contributed by atoms with Gasteiger partial charge in [-0.15, -0.1) is 23.1 Å². The minimum absolute atomic E-state index is 0.0437. The summed E-state index contributed by atoms with van der Waals surface area (Å²) in [4.78, 5) is 75.6. The van der Waals surface area contributed by atoms with Gasteiger partial charge < -0.3 is 36.3 Å². The zero-order valence-corrected chi connectivity index (χ0v) is 23.3. The fraction of sp³-hybridized carbons (Fsp3) is 0.400. The van der Waals surface area contributed by atoms with E-state index in [-0.39, 0.29) is 22.2 Å². The topological polar surface area (TPSA) is 259 Å². The number of carbonyl (C=O) groups excluding carboxylic acids is 2. The van der Waals surface area contributed by atoms with Gasteiger partial charge in [0.25, 0.3) is 11.8 Å². The lowest BCUT2D eigenvalue weighted by Gasteiger charge is -2.48. The maximum absolute atomic E-state index is 12.8. The summed E-state index contributed by atoms with van der Waals surface area (Å²) in [5, 5.41) is 39.8. The molecule has 1 saturated heterocycles. The number of nitrogens with one attached hydrogen (secondary N) is 1. The summed E-state index contributed by atoms with van der Waals surface area (Å²) in [5.41, 5.74) is 3.42. The van der Waals surface area contributed by atoms with Gasteiger partial charge in [0.05, 0.1) is 0 Å². The minimum atomic E-state index is -5.08. The van der Waals surface area contributed by atoms with Gasteiger partial charge in [0.2, 0.25) is 5.60 Å². The number of carboxylic acids is 4.